The lowest BCUT2D eigenvalue weighted by Gasteiger charge is -2.34. The molecule has 1 aliphatic rings. The van der Waals surface area contributed by atoms with Crippen molar-refractivity contribution in [2.24, 2.45) is 11.8 Å². The van der Waals surface area contributed by atoms with E-state index in [-0.39, 0.29) is 29.8 Å². The number of hydrogen-bond acceptors (Lipinski definition) is 4. The third kappa shape index (κ3) is 5.87. The van der Waals surface area contributed by atoms with E-state index in [1.165, 1.54) is 0 Å². The molecule has 0 aromatic rings. The highest BCUT2D eigenvalue weighted by Crippen LogP contribution is 2.29. The molecule has 2 unspecified atom stereocenters. The van der Waals surface area contributed by atoms with Gasteiger partial charge in [-0.2, -0.15) is 0 Å². The number of likely N-dealkylation sites (N-methyl/N-ethyl adjacent to an activating group) is 1. The van der Waals surface area contributed by atoms with E-state index in [4.69, 9.17) is 4.74 Å². The molecule has 1 aliphatic carbocycles. The fraction of sp³-hybridized carbons (Fsp3) is 0.737. The van der Waals surface area contributed by atoms with Gasteiger partial charge in [-0.05, 0) is 38.5 Å². The Labute approximate surface area is 151 Å². The number of ether oxygens (including phenoxy) is 1. The molecule has 1 saturated carbocycles. The summed E-state index contributed by atoms with van der Waals surface area (Å²) in [5, 5.41) is 2.71. The molecule has 2 amide bonds. The van der Waals surface area contributed by atoms with Gasteiger partial charge in [0, 0.05) is 12.6 Å². The molecule has 1 fully saturated rings. The molecule has 0 spiro atoms. The maximum atomic E-state index is 13.0. The van der Waals surface area contributed by atoms with E-state index >= 15 is 0 Å². The molecular weight excluding hydrogens is 320 g/mol. The van der Waals surface area contributed by atoms with Gasteiger partial charge in [0.2, 0.25) is 12.3 Å². The van der Waals surface area contributed by atoms with Crippen LogP contribution in [0.5, 0.6) is 0 Å². The van der Waals surface area contributed by atoms with Crippen LogP contribution in [0.2, 0.25) is 0 Å². The van der Waals surface area contributed by atoms with Crippen molar-refractivity contribution in [3.63, 3.8) is 0 Å². The van der Waals surface area contributed by atoms with Gasteiger partial charge in [0.25, 0.3) is 0 Å². The summed E-state index contributed by atoms with van der Waals surface area (Å²) in [5.74, 6) is -0.167. The van der Waals surface area contributed by atoms with Crippen LogP contribution >= 0.6 is 0 Å². The van der Waals surface area contributed by atoms with Crippen LogP contribution in [-0.4, -0.2) is 48.9 Å². The molecule has 0 aromatic carbocycles. The van der Waals surface area contributed by atoms with Crippen molar-refractivity contribution in [3.05, 3.63) is 11.6 Å². The summed E-state index contributed by atoms with van der Waals surface area (Å²) in [6, 6.07) is -0.739. The van der Waals surface area contributed by atoms with Crippen LogP contribution in [0.15, 0.2) is 11.6 Å². The Morgan fingerprint density at radius 3 is 2.36 bits per heavy atom. The quantitative estimate of drug-likeness (QED) is 0.392. The Bertz CT molecular complexity index is 496. The standard InChI is InChI=1S/C19H32N2O4/c1-6-25-19(24)14(4)11-16(13(2)3)21(5)18(23)17(20-12-22)15-9-7-8-10-15/h11-13,15-17H,6-10H2,1-5H3,(H,20,22)/b14-11+. The molecular formula is C19H32N2O4. The fourth-order valence-electron chi connectivity index (χ4n) is 3.46. The summed E-state index contributed by atoms with van der Waals surface area (Å²) in [4.78, 5) is 37.5. The van der Waals surface area contributed by atoms with Gasteiger partial charge in [0.1, 0.15) is 6.04 Å². The largest absolute Gasteiger partial charge is 0.463 e. The van der Waals surface area contributed by atoms with Gasteiger partial charge in [-0.15, -0.1) is 0 Å². The van der Waals surface area contributed by atoms with Crippen molar-refractivity contribution in [2.45, 2.75) is 65.5 Å². The predicted molar refractivity (Wildman–Crippen MR) is 96.7 cm³/mol. The average Bonchev–Trinajstić information content (AvgIpc) is 3.10. The number of nitrogens with one attached hydrogen (secondary N) is 1. The van der Waals surface area contributed by atoms with Gasteiger partial charge < -0.3 is 15.0 Å². The number of nitrogens with zero attached hydrogens (tertiary/aromatic N) is 1. The number of rotatable bonds is 9. The summed E-state index contributed by atoms with van der Waals surface area (Å²) < 4.78 is 5.02. The molecule has 1 N–H and O–H groups in total. The summed E-state index contributed by atoms with van der Waals surface area (Å²) in [6.45, 7) is 7.78. The SMILES string of the molecule is CCOC(=O)/C(C)=C/C(C(C)C)N(C)C(=O)C(NC=O)C1CCCC1. The minimum absolute atomic E-state index is 0.106. The first-order valence-corrected chi connectivity index (χ1v) is 9.15. The van der Waals surface area contributed by atoms with Gasteiger partial charge in [-0.1, -0.05) is 32.8 Å². The van der Waals surface area contributed by atoms with Gasteiger partial charge in [-0.25, -0.2) is 4.79 Å². The zero-order valence-corrected chi connectivity index (χ0v) is 16.1. The molecule has 25 heavy (non-hydrogen) atoms. The highest BCUT2D eigenvalue weighted by atomic mass is 16.5. The van der Waals surface area contributed by atoms with E-state index in [9.17, 15) is 14.4 Å². The predicted octanol–water partition coefficient (Wildman–Crippen LogP) is 2.28. The molecule has 2 atom stereocenters. The molecule has 0 saturated heterocycles. The number of carbonyl (C=O) groups excluding carboxylic acids is 3. The topological polar surface area (TPSA) is 75.7 Å². The van der Waals surface area contributed by atoms with E-state index in [0.29, 0.717) is 18.6 Å². The van der Waals surface area contributed by atoms with Crippen LogP contribution in [0.25, 0.3) is 0 Å². The normalized spacial score (nSPS) is 17.9. The first-order valence-electron chi connectivity index (χ1n) is 9.15. The highest BCUT2D eigenvalue weighted by molar-refractivity contribution is 5.88. The Morgan fingerprint density at radius 1 is 1.28 bits per heavy atom. The minimum atomic E-state index is -0.498. The van der Waals surface area contributed by atoms with Crippen LogP contribution in [0.1, 0.15) is 53.4 Å². The van der Waals surface area contributed by atoms with E-state index in [1.54, 1.807) is 31.9 Å². The zero-order valence-electron chi connectivity index (χ0n) is 16.1. The molecule has 0 heterocycles. The van der Waals surface area contributed by atoms with Crippen molar-refractivity contribution >= 4 is 18.3 Å². The molecule has 0 aliphatic heterocycles. The second-order valence-corrected chi connectivity index (χ2v) is 7.06. The summed E-state index contributed by atoms with van der Waals surface area (Å²) in [5.41, 5.74) is 0.487. The maximum absolute atomic E-state index is 13.0. The second-order valence-electron chi connectivity index (χ2n) is 7.06. The maximum Gasteiger partial charge on any atom is 0.333 e. The van der Waals surface area contributed by atoms with E-state index in [0.717, 1.165) is 25.7 Å². The van der Waals surface area contributed by atoms with Crippen LogP contribution < -0.4 is 5.32 Å². The van der Waals surface area contributed by atoms with Crippen molar-refractivity contribution in [2.75, 3.05) is 13.7 Å². The van der Waals surface area contributed by atoms with Gasteiger partial charge in [0.15, 0.2) is 0 Å². The van der Waals surface area contributed by atoms with Crippen LogP contribution in [0.4, 0.5) is 0 Å². The molecule has 6 nitrogen and oxygen atoms in total. The van der Waals surface area contributed by atoms with Gasteiger partial charge in [-0.3, -0.25) is 9.59 Å². The molecule has 142 valence electrons. The van der Waals surface area contributed by atoms with Crippen LogP contribution in [0.3, 0.4) is 0 Å². The summed E-state index contributed by atoms with van der Waals surface area (Å²) in [6.07, 6.45) is 6.48. The first-order chi connectivity index (χ1) is 11.8. The summed E-state index contributed by atoms with van der Waals surface area (Å²) >= 11 is 0. The number of esters is 1. The lowest BCUT2D eigenvalue weighted by Crippen LogP contribution is -2.52. The van der Waals surface area contributed by atoms with Crippen molar-refractivity contribution in [1.82, 2.24) is 10.2 Å². The number of hydrogen-bond donors (Lipinski definition) is 1. The fourth-order valence-corrected chi connectivity index (χ4v) is 3.46. The van der Waals surface area contributed by atoms with Crippen molar-refractivity contribution in [1.29, 1.82) is 0 Å². The molecule has 0 radical (unpaired) electrons. The van der Waals surface area contributed by atoms with E-state index in [2.05, 4.69) is 5.32 Å². The second kappa shape index (κ2) is 10.2. The number of amides is 2. The lowest BCUT2D eigenvalue weighted by molar-refractivity contribution is -0.139. The molecule has 6 heteroatoms. The molecule has 1 rings (SSSR count). The average molecular weight is 352 g/mol. The first kappa shape index (κ1) is 21.2. The molecule has 0 bridgehead atoms. The Balaban J connectivity index is 2.97. The minimum Gasteiger partial charge on any atom is -0.463 e. The third-order valence-electron chi connectivity index (χ3n) is 4.88. The van der Waals surface area contributed by atoms with Gasteiger partial charge >= 0.3 is 5.97 Å². The van der Waals surface area contributed by atoms with E-state index < -0.39 is 6.04 Å². The Hall–Kier alpha value is -1.85. The lowest BCUT2D eigenvalue weighted by atomic mass is 9.94. The van der Waals surface area contributed by atoms with Crippen molar-refractivity contribution < 1.29 is 19.1 Å². The monoisotopic (exact) mass is 352 g/mol. The van der Waals surface area contributed by atoms with E-state index in [1.807, 2.05) is 13.8 Å². The summed E-state index contributed by atoms with van der Waals surface area (Å²) in [7, 11) is 1.73. The Morgan fingerprint density at radius 2 is 1.88 bits per heavy atom. The van der Waals surface area contributed by atoms with Crippen molar-refractivity contribution in [3.8, 4) is 0 Å². The Kier molecular flexibility index (Phi) is 8.66. The smallest absolute Gasteiger partial charge is 0.333 e. The number of carbonyl (C=O) groups is 3. The van der Waals surface area contributed by atoms with Gasteiger partial charge in [0.05, 0.1) is 12.6 Å². The zero-order chi connectivity index (χ0) is 19.0. The third-order valence-corrected chi connectivity index (χ3v) is 4.88. The highest BCUT2D eigenvalue weighted by Gasteiger charge is 2.34. The van der Waals surface area contributed by atoms with Crippen LogP contribution in [0, 0.1) is 11.8 Å². The van der Waals surface area contributed by atoms with Crippen LogP contribution in [-0.2, 0) is 19.1 Å². The molecule has 0 aromatic heterocycles.